The van der Waals surface area contributed by atoms with Crippen molar-refractivity contribution in [2.45, 2.75) is 39.2 Å². The van der Waals surface area contributed by atoms with E-state index in [1.165, 1.54) is 0 Å². The Hall–Kier alpha value is -3.88. The van der Waals surface area contributed by atoms with Crippen molar-refractivity contribution in [3.63, 3.8) is 0 Å². The van der Waals surface area contributed by atoms with E-state index in [0.29, 0.717) is 36.5 Å². The van der Waals surface area contributed by atoms with Crippen molar-refractivity contribution in [1.29, 1.82) is 0 Å². The third-order valence-electron chi connectivity index (χ3n) is 5.50. The van der Waals surface area contributed by atoms with Gasteiger partial charge in [-0.1, -0.05) is 6.07 Å². The fraction of sp³-hybridized carbons (Fsp3) is 0.385. The summed E-state index contributed by atoms with van der Waals surface area (Å²) in [7, 11) is 0. The molecule has 184 valence electrons. The quantitative estimate of drug-likeness (QED) is 0.463. The van der Waals surface area contributed by atoms with Crippen LogP contribution < -0.4 is 15.4 Å². The van der Waals surface area contributed by atoms with E-state index in [2.05, 4.69) is 25.6 Å². The standard InChI is InChI=1S/C26H32N6O3/c1-26(2,3)35-25(33)32-16-11-19(12-17-32)18-30-23-24(29-15-14-28-23)34-21-9-7-20(8-10-21)31-22-6-4-5-13-27-22/h4-10,13-15,19H,11-12,16-18H2,1-3H3,(H,27,31)(H,28,30). The summed E-state index contributed by atoms with van der Waals surface area (Å²) in [6.45, 7) is 7.75. The van der Waals surface area contributed by atoms with Gasteiger partial charge in [-0.25, -0.2) is 19.7 Å². The highest BCUT2D eigenvalue weighted by atomic mass is 16.6. The fourth-order valence-electron chi connectivity index (χ4n) is 3.71. The highest BCUT2D eigenvalue weighted by Crippen LogP contribution is 2.28. The van der Waals surface area contributed by atoms with Crippen LogP contribution in [0.1, 0.15) is 33.6 Å². The monoisotopic (exact) mass is 476 g/mol. The third-order valence-corrected chi connectivity index (χ3v) is 5.50. The zero-order chi connectivity index (χ0) is 24.7. The Bertz CT molecular complexity index is 1090. The molecule has 0 saturated carbocycles. The van der Waals surface area contributed by atoms with Crippen molar-refractivity contribution in [1.82, 2.24) is 19.9 Å². The molecule has 0 unspecified atom stereocenters. The molecule has 9 heteroatoms. The van der Waals surface area contributed by atoms with E-state index in [0.717, 1.165) is 30.9 Å². The van der Waals surface area contributed by atoms with Crippen LogP contribution in [0.5, 0.6) is 11.6 Å². The first kappa shape index (κ1) is 24.3. The minimum atomic E-state index is -0.478. The average molecular weight is 477 g/mol. The van der Waals surface area contributed by atoms with Crippen LogP contribution in [0.4, 0.5) is 22.1 Å². The first-order chi connectivity index (χ1) is 16.9. The minimum Gasteiger partial charge on any atom is -0.444 e. The molecule has 1 fully saturated rings. The van der Waals surface area contributed by atoms with Gasteiger partial charge < -0.3 is 25.0 Å². The van der Waals surface area contributed by atoms with Crippen molar-refractivity contribution < 1.29 is 14.3 Å². The molecular formula is C26H32N6O3. The van der Waals surface area contributed by atoms with Crippen molar-refractivity contribution in [2.24, 2.45) is 5.92 Å². The van der Waals surface area contributed by atoms with Crippen LogP contribution >= 0.6 is 0 Å². The molecule has 35 heavy (non-hydrogen) atoms. The molecule has 1 aromatic carbocycles. The van der Waals surface area contributed by atoms with Gasteiger partial charge in [0.15, 0.2) is 5.82 Å². The smallest absolute Gasteiger partial charge is 0.410 e. The van der Waals surface area contributed by atoms with Crippen molar-refractivity contribution >= 4 is 23.4 Å². The van der Waals surface area contributed by atoms with Gasteiger partial charge in [0.05, 0.1) is 0 Å². The van der Waals surface area contributed by atoms with Crippen molar-refractivity contribution in [3.8, 4) is 11.6 Å². The Balaban J connectivity index is 1.28. The van der Waals surface area contributed by atoms with Crippen LogP contribution in [0.3, 0.4) is 0 Å². The Morgan fingerprint density at radius 2 is 1.74 bits per heavy atom. The van der Waals surface area contributed by atoms with E-state index in [4.69, 9.17) is 9.47 Å². The number of rotatable bonds is 7. The van der Waals surface area contributed by atoms with Crippen LogP contribution in [0.15, 0.2) is 61.1 Å². The molecule has 0 aliphatic carbocycles. The number of anilines is 3. The van der Waals surface area contributed by atoms with Crippen molar-refractivity contribution in [2.75, 3.05) is 30.3 Å². The summed E-state index contributed by atoms with van der Waals surface area (Å²) in [6, 6.07) is 13.3. The number of ether oxygens (including phenoxy) is 2. The van der Waals surface area contributed by atoms with Crippen LogP contribution in [-0.2, 0) is 4.74 Å². The van der Waals surface area contributed by atoms with Gasteiger partial charge in [-0.15, -0.1) is 0 Å². The number of carbonyl (C=O) groups excluding carboxylic acids is 1. The van der Waals surface area contributed by atoms with Gasteiger partial charge in [0, 0.05) is 43.9 Å². The largest absolute Gasteiger partial charge is 0.444 e. The molecule has 3 heterocycles. The van der Waals surface area contributed by atoms with E-state index < -0.39 is 5.60 Å². The summed E-state index contributed by atoms with van der Waals surface area (Å²) in [5, 5.41) is 6.62. The number of carbonyl (C=O) groups is 1. The molecule has 0 radical (unpaired) electrons. The molecule has 1 saturated heterocycles. The second kappa shape index (κ2) is 11.0. The second-order valence-electron chi connectivity index (χ2n) is 9.47. The number of piperidine rings is 1. The number of pyridine rings is 1. The van der Waals surface area contributed by atoms with Crippen LogP contribution in [0.2, 0.25) is 0 Å². The molecule has 0 atom stereocenters. The molecule has 3 aromatic rings. The van der Waals surface area contributed by atoms with E-state index >= 15 is 0 Å². The zero-order valence-corrected chi connectivity index (χ0v) is 20.4. The number of nitrogens with zero attached hydrogens (tertiary/aromatic N) is 4. The lowest BCUT2D eigenvalue weighted by Gasteiger charge is -2.33. The topological polar surface area (TPSA) is 102 Å². The average Bonchev–Trinajstić information content (AvgIpc) is 2.85. The summed E-state index contributed by atoms with van der Waals surface area (Å²) < 4.78 is 11.5. The van der Waals surface area contributed by atoms with Gasteiger partial charge in [-0.3, -0.25) is 0 Å². The number of hydrogen-bond acceptors (Lipinski definition) is 8. The number of nitrogens with one attached hydrogen (secondary N) is 2. The van der Waals surface area contributed by atoms with E-state index in [-0.39, 0.29) is 6.09 Å². The third kappa shape index (κ3) is 7.30. The number of aromatic nitrogens is 3. The lowest BCUT2D eigenvalue weighted by molar-refractivity contribution is 0.0188. The van der Waals surface area contributed by atoms with Crippen LogP contribution in [0, 0.1) is 5.92 Å². The predicted molar refractivity (Wildman–Crippen MR) is 135 cm³/mol. The molecule has 1 aliphatic heterocycles. The Kier molecular flexibility index (Phi) is 7.64. The first-order valence-corrected chi connectivity index (χ1v) is 11.8. The molecule has 0 spiro atoms. The summed E-state index contributed by atoms with van der Waals surface area (Å²) in [6.07, 6.45) is 6.54. The Morgan fingerprint density at radius 3 is 2.43 bits per heavy atom. The number of hydrogen-bond donors (Lipinski definition) is 2. The van der Waals surface area contributed by atoms with Gasteiger partial charge in [0.1, 0.15) is 17.2 Å². The lowest BCUT2D eigenvalue weighted by Crippen LogP contribution is -2.42. The normalized spacial score (nSPS) is 14.3. The summed E-state index contributed by atoms with van der Waals surface area (Å²) in [5.41, 5.74) is 0.430. The minimum absolute atomic E-state index is 0.241. The molecule has 0 bridgehead atoms. The number of amides is 1. The van der Waals surface area contributed by atoms with Gasteiger partial charge in [-0.2, -0.15) is 0 Å². The van der Waals surface area contributed by atoms with E-state index in [1.54, 1.807) is 23.5 Å². The maximum absolute atomic E-state index is 12.3. The summed E-state index contributed by atoms with van der Waals surface area (Å²) in [5.74, 6) is 2.87. The van der Waals surface area contributed by atoms with Crippen LogP contribution in [0.25, 0.3) is 0 Å². The molecule has 2 N–H and O–H groups in total. The number of likely N-dealkylation sites (tertiary alicyclic amines) is 1. The maximum Gasteiger partial charge on any atom is 0.410 e. The summed E-state index contributed by atoms with van der Waals surface area (Å²) in [4.78, 5) is 27.1. The fourth-order valence-corrected chi connectivity index (χ4v) is 3.71. The Labute approximate surface area is 205 Å². The molecular weight excluding hydrogens is 444 g/mol. The Morgan fingerprint density at radius 1 is 1.00 bits per heavy atom. The molecule has 4 rings (SSSR count). The SMILES string of the molecule is CC(C)(C)OC(=O)N1CCC(CNc2nccnc2Oc2ccc(Nc3ccccn3)cc2)CC1. The lowest BCUT2D eigenvalue weighted by atomic mass is 9.97. The first-order valence-electron chi connectivity index (χ1n) is 11.8. The van der Waals surface area contributed by atoms with E-state index in [9.17, 15) is 4.79 Å². The van der Waals surface area contributed by atoms with Crippen LogP contribution in [-0.4, -0.2) is 51.2 Å². The maximum atomic E-state index is 12.3. The summed E-state index contributed by atoms with van der Waals surface area (Å²) >= 11 is 0. The van der Waals surface area contributed by atoms with Gasteiger partial charge in [0.2, 0.25) is 0 Å². The van der Waals surface area contributed by atoms with Gasteiger partial charge >= 0.3 is 6.09 Å². The molecule has 9 nitrogen and oxygen atoms in total. The van der Waals surface area contributed by atoms with Gasteiger partial charge in [0.25, 0.3) is 5.88 Å². The van der Waals surface area contributed by atoms with Crippen molar-refractivity contribution in [3.05, 3.63) is 61.1 Å². The number of benzene rings is 1. The predicted octanol–water partition coefficient (Wildman–Crippen LogP) is 5.47. The highest BCUT2D eigenvalue weighted by Gasteiger charge is 2.27. The highest BCUT2D eigenvalue weighted by molar-refractivity contribution is 5.68. The molecule has 1 aliphatic rings. The zero-order valence-electron chi connectivity index (χ0n) is 20.4. The van der Waals surface area contributed by atoms with Gasteiger partial charge in [-0.05, 0) is 75.9 Å². The van der Waals surface area contributed by atoms with E-state index in [1.807, 2.05) is 63.2 Å². The molecule has 1 amide bonds. The molecule has 2 aromatic heterocycles. The second-order valence-corrected chi connectivity index (χ2v) is 9.47.